The molecule has 1 N–H and O–H groups in total. The number of ether oxygens (including phenoxy) is 1. The third-order valence-corrected chi connectivity index (χ3v) is 3.56. The van der Waals surface area contributed by atoms with Gasteiger partial charge in [0.15, 0.2) is 0 Å². The highest BCUT2D eigenvalue weighted by Gasteiger charge is 2.34. The topological polar surface area (TPSA) is 21.3 Å². The second-order valence-electron chi connectivity index (χ2n) is 4.72. The number of rotatable bonds is 3. The molecule has 0 aromatic rings. The van der Waals surface area contributed by atoms with Crippen LogP contribution in [0.5, 0.6) is 0 Å². The minimum atomic E-state index is 0.693. The summed E-state index contributed by atoms with van der Waals surface area (Å²) < 4.78 is 5.36. The van der Waals surface area contributed by atoms with Crippen LogP contribution in [0.3, 0.4) is 0 Å². The van der Waals surface area contributed by atoms with Gasteiger partial charge < -0.3 is 10.1 Å². The lowest BCUT2D eigenvalue weighted by Gasteiger charge is -2.28. The Morgan fingerprint density at radius 1 is 1.31 bits per heavy atom. The first-order chi connectivity index (χ1) is 6.27. The lowest BCUT2D eigenvalue weighted by atomic mass is 9.93. The first kappa shape index (κ1) is 9.47. The fourth-order valence-electron chi connectivity index (χ4n) is 2.24. The van der Waals surface area contributed by atoms with E-state index in [1.807, 2.05) is 0 Å². The minimum Gasteiger partial charge on any atom is -0.381 e. The molecule has 0 bridgehead atoms. The van der Waals surface area contributed by atoms with Crippen LogP contribution in [0.15, 0.2) is 0 Å². The molecule has 2 nitrogen and oxygen atoms in total. The molecule has 0 aromatic heterocycles. The first-order valence-electron chi connectivity index (χ1n) is 5.61. The molecule has 3 atom stereocenters. The van der Waals surface area contributed by atoms with Crippen LogP contribution in [0.2, 0.25) is 0 Å². The maximum absolute atomic E-state index is 5.36. The number of hydrogen-bond donors (Lipinski definition) is 1. The fourth-order valence-corrected chi connectivity index (χ4v) is 2.24. The van der Waals surface area contributed by atoms with Gasteiger partial charge in [-0.15, -0.1) is 0 Å². The van der Waals surface area contributed by atoms with Gasteiger partial charge >= 0.3 is 0 Å². The Balaban J connectivity index is 1.72. The number of hydrogen-bond acceptors (Lipinski definition) is 2. The van der Waals surface area contributed by atoms with E-state index in [0.717, 1.165) is 31.1 Å². The van der Waals surface area contributed by atoms with Crippen LogP contribution in [0.25, 0.3) is 0 Å². The fraction of sp³-hybridized carbons (Fsp3) is 1.00. The molecule has 1 saturated heterocycles. The average Bonchev–Trinajstić information content (AvgIpc) is 2.83. The van der Waals surface area contributed by atoms with Gasteiger partial charge in [0.1, 0.15) is 0 Å². The SMILES string of the molecule is CC1CC1NC(C)C1CCOCC1. The Labute approximate surface area is 81.0 Å². The Kier molecular flexibility index (Phi) is 2.89. The Hall–Kier alpha value is -0.0800. The summed E-state index contributed by atoms with van der Waals surface area (Å²) in [7, 11) is 0. The zero-order valence-corrected chi connectivity index (χ0v) is 8.75. The molecule has 76 valence electrons. The van der Waals surface area contributed by atoms with Crippen LogP contribution in [0.1, 0.15) is 33.1 Å². The second kappa shape index (κ2) is 3.97. The van der Waals surface area contributed by atoms with E-state index in [9.17, 15) is 0 Å². The minimum absolute atomic E-state index is 0.693. The van der Waals surface area contributed by atoms with Crippen molar-refractivity contribution < 1.29 is 4.74 Å². The highest BCUT2D eigenvalue weighted by atomic mass is 16.5. The van der Waals surface area contributed by atoms with Gasteiger partial charge in [-0.1, -0.05) is 6.92 Å². The molecule has 2 fully saturated rings. The smallest absolute Gasteiger partial charge is 0.0469 e. The third kappa shape index (κ3) is 2.44. The molecule has 1 aliphatic carbocycles. The van der Waals surface area contributed by atoms with Crippen molar-refractivity contribution in [2.24, 2.45) is 11.8 Å². The Morgan fingerprint density at radius 2 is 1.92 bits per heavy atom. The molecule has 1 heterocycles. The first-order valence-corrected chi connectivity index (χ1v) is 5.61. The maximum Gasteiger partial charge on any atom is 0.0469 e. The second-order valence-corrected chi connectivity index (χ2v) is 4.72. The summed E-state index contributed by atoms with van der Waals surface area (Å²) in [4.78, 5) is 0. The van der Waals surface area contributed by atoms with E-state index in [0.29, 0.717) is 6.04 Å². The van der Waals surface area contributed by atoms with E-state index in [1.165, 1.54) is 19.3 Å². The van der Waals surface area contributed by atoms with Gasteiger partial charge in [0.05, 0.1) is 0 Å². The summed E-state index contributed by atoms with van der Waals surface area (Å²) in [5, 5.41) is 3.72. The standard InChI is InChI=1S/C11H21NO/c1-8-7-11(8)12-9(2)10-3-5-13-6-4-10/h8-12H,3-7H2,1-2H3. The average molecular weight is 183 g/mol. The zero-order chi connectivity index (χ0) is 9.26. The van der Waals surface area contributed by atoms with Crippen LogP contribution in [0, 0.1) is 11.8 Å². The van der Waals surface area contributed by atoms with Crippen molar-refractivity contribution in [2.75, 3.05) is 13.2 Å². The summed E-state index contributed by atoms with van der Waals surface area (Å²) in [5.41, 5.74) is 0. The molecule has 2 rings (SSSR count). The molecular weight excluding hydrogens is 162 g/mol. The van der Waals surface area contributed by atoms with Gasteiger partial charge in [-0.2, -0.15) is 0 Å². The summed E-state index contributed by atoms with van der Waals surface area (Å²) in [6, 6.07) is 1.51. The monoisotopic (exact) mass is 183 g/mol. The van der Waals surface area contributed by atoms with Gasteiger partial charge in [-0.05, 0) is 38.0 Å². The van der Waals surface area contributed by atoms with Gasteiger partial charge in [0.2, 0.25) is 0 Å². The van der Waals surface area contributed by atoms with Crippen LogP contribution >= 0.6 is 0 Å². The molecule has 2 aliphatic rings. The van der Waals surface area contributed by atoms with Crippen LogP contribution in [-0.4, -0.2) is 25.3 Å². The molecule has 13 heavy (non-hydrogen) atoms. The van der Waals surface area contributed by atoms with Crippen LogP contribution in [-0.2, 0) is 4.74 Å². The molecular formula is C11H21NO. The van der Waals surface area contributed by atoms with Gasteiger partial charge in [-0.25, -0.2) is 0 Å². The number of nitrogens with one attached hydrogen (secondary N) is 1. The van der Waals surface area contributed by atoms with Crippen LogP contribution in [0.4, 0.5) is 0 Å². The molecule has 1 saturated carbocycles. The summed E-state index contributed by atoms with van der Waals surface area (Å²) in [6.45, 7) is 6.60. The molecule has 3 unspecified atom stereocenters. The zero-order valence-electron chi connectivity index (χ0n) is 8.75. The predicted molar refractivity (Wildman–Crippen MR) is 53.7 cm³/mol. The molecule has 2 heteroatoms. The van der Waals surface area contributed by atoms with Crippen molar-refractivity contribution in [1.29, 1.82) is 0 Å². The normalized spacial score (nSPS) is 37.4. The summed E-state index contributed by atoms with van der Waals surface area (Å²) in [6.07, 6.45) is 3.87. The van der Waals surface area contributed by atoms with Crippen molar-refractivity contribution in [3.63, 3.8) is 0 Å². The quantitative estimate of drug-likeness (QED) is 0.720. The third-order valence-electron chi connectivity index (χ3n) is 3.56. The van der Waals surface area contributed by atoms with Gasteiger partial charge in [0, 0.05) is 25.3 Å². The van der Waals surface area contributed by atoms with E-state index >= 15 is 0 Å². The van der Waals surface area contributed by atoms with Crippen molar-refractivity contribution >= 4 is 0 Å². The predicted octanol–water partition coefficient (Wildman–Crippen LogP) is 1.80. The van der Waals surface area contributed by atoms with E-state index in [-0.39, 0.29) is 0 Å². The lowest BCUT2D eigenvalue weighted by Crippen LogP contribution is -2.38. The van der Waals surface area contributed by atoms with E-state index < -0.39 is 0 Å². The van der Waals surface area contributed by atoms with E-state index in [4.69, 9.17) is 4.74 Å². The molecule has 0 spiro atoms. The van der Waals surface area contributed by atoms with Crippen molar-refractivity contribution in [1.82, 2.24) is 5.32 Å². The van der Waals surface area contributed by atoms with E-state index in [2.05, 4.69) is 19.2 Å². The largest absolute Gasteiger partial charge is 0.381 e. The Bertz CT molecular complexity index is 165. The highest BCUT2D eigenvalue weighted by molar-refractivity contribution is 4.92. The van der Waals surface area contributed by atoms with Crippen LogP contribution < -0.4 is 5.32 Å². The molecule has 1 aliphatic heterocycles. The summed E-state index contributed by atoms with van der Waals surface area (Å²) in [5.74, 6) is 1.77. The van der Waals surface area contributed by atoms with Crippen molar-refractivity contribution in [2.45, 2.75) is 45.2 Å². The van der Waals surface area contributed by atoms with Gasteiger partial charge in [0.25, 0.3) is 0 Å². The molecule has 0 amide bonds. The van der Waals surface area contributed by atoms with Crippen molar-refractivity contribution in [3.05, 3.63) is 0 Å². The van der Waals surface area contributed by atoms with E-state index in [1.54, 1.807) is 0 Å². The van der Waals surface area contributed by atoms with Gasteiger partial charge in [-0.3, -0.25) is 0 Å². The highest BCUT2D eigenvalue weighted by Crippen LogP contribution is 2.31. The maximum atomic E-state index is 5.36. The Morgan fingerprint density at radius 3 is 2.46 bits per heavy atom. The lowest BCUT2D eigenvalue weighted by molar-refractivity contribution is 0.0556. The van der Waals surface area contributed by atoms with Crippen molar-refractivity contribution in [3.8, 4) is 0 Å². The summed E-state index contributed by atoms with van der Waals surface area (Å²) >= 11 is 0. The molecule has 0 aromatic carbocycles. The molecule has 0 radical (unpaired) electrons.